The molecule has 0 saturated carbocycles. The van der Waals surface area contributed by atoms with Gasteiger partial charge in [-0.2, -0.15) is 0 Å². The van der Waals surface area contributed by atoms with E-state index < -0.39 is 0 Å². The van der Waals surface area contributed by atoms with Crippen LogP contribution < -0.4 is 5.32 Å². The van der Waals surface area contributed by atoms with Gasteiger partial charge in [-0.3, -0.25) is 4.79 Å². The average molecular weight is 317 g/mol. The van der Waals surface area contributed by atoms with E-state index in [2.05, 4.69) is 41.8 Å². The van der Waals surface area contributed by atoms with E-state index in [9.17, 15) is 4.79 Å². The number of hydrogen-bond donors (Lipinski definition) is 1. The molecule has 0 bridgehead atoms. The molecule has 0 heterocycles. The fourth-order valence-electron chi connectivity index (χ4n) is 1.10. The second-order valence-corrected chi connectivity index (χ2v) is 5.15. The lowest BCUT2D eigenvalue weighted by Gasteiger charge is -2.17. The van der Waals surface area contributed by atoms with E-state index in [4.69, 9.17) is 0 Å². The Hall–Kier alpha value is -0.580. The van der Waals surface area contributed by atoms with E-state index in [1.165, 1.54) is 0 Å². The van der Waals surface area contributed by atoms with Crippen LogP contribution in [-0.2, 0) is 0 Å². The van der Waals surface area contributed by atoms with Crippen LogP contribution in [-0.4, -0.2) is 11.9 Å². The van der Waals surface area contributed by atoms with Gasteiger partial charge in [-0.15, -0.1) is 0 Å². The molecule has 1 atom stereocenters. The minimum atomic E-state index is 0.0150. The van der Waals surface area contributed by atoms with Gasteiger partial charge in [-0.05, 0) is 47.6 Å². The molecule has 0 aliphatic carbocycles. The molecule has 0 fully saturated rings. The lowest BCUT2D eigenvalue weighted by molar-refractivity contribution is 0.0929. The number of carbonyl (C=O) groups is 1. The molecule has 0 spiro atoms. The highest BCUT2D eigenvalue weighted by atomic mass is 127. The molecule has 1 amide bonds. The molecule has 0 aromatic heterocycles. The minimum Gasteiger partial charge on any atom is -0.349 e. The van der Waals surface area contributed by atoms with Gasteiger partial charge in [0.1, 0.15) is 0 Å². The zero-order chi connectivity index (χ0) is 11.4. The van der Waals surface area contributed by atoms with Gasteiger partial charge in [0.25, 0.3) is 5.91 Å². The highest BCUT2D eigenvalue weighted by Gasteiger charge is 2.13. The number of carbonyl (C=O) groups excluding carboxylic acids is 1. The number of benzene rings is 1. The maximum atomic E-state index is 11.9. The molecule has 0 saturated heterocycles. The standard InChI is InChI=1S/C12H16INO/c1-8(2)9(3)14-12(15)10-6-4-5-7-11(10)13/h4-9H,1-3H3,(H,14,15). The molecule has 15 heavy (non-hydrogen) atoms. The van der Waals surface area contributed by atoms with Gasteiger partial charge in [0.2, 0.25) is 0 Å². The van der Waals surface area contributed by atoms with Crippen molar-refractivity contribution >= 4 is 28.5 Å². The lowest BCUT2D eigenvalue weighted by atomic mass is 10.1. The van der Waals surface area contributed by atoms with Crippen molar-refractivity contribution < 1.29 is 4.79 Å². The van der Waals surface area contributed by atoms with Crippen LogP contribution in [0, 0.1) is 9.49 Å². The van der Waals surface area contributed by atoms with Crippen LogP contribution >= 0.6 is 22.6 Å². The average Bonchev–Trinajstić information content (AvgIpc) is 2.18. The van der Waals surface area contributed by atoms with Crippen molar-refractivity contribution in [1.29, 1.82) is 0 Å². The van der Waals surface area contributed by atoms with Crippen molar-refractivity contribution in [3.8, 4) is 0 Å². The smallest absolute Gasteiger partial charge is 0.252 e. The largest absolute Gasteiger partial charge is 0.349 e. The van der Waals surface area contributed by atoms with Gasteiger partial charge in [-0.1, -0.05) is 26.0 Å². The highest BCUT2D eigenvalue weighted by Crippen LogP contribution is 2.12. The quantitative estimate of drug-likeness (QED) is 0.853. The van der Waals surface area contributed by atoms with Crippen LogP contribution in [0.5, 0.6) is 0 Å². The highest BCUT2D eigenvalue weighted by molar-refractivity contribution is 14.1. The SMILES string of the molecule is CC(C)C(C)NC(=O)c1ccccc1I. The van der Waals surface area contributed by atoms with Crippen LogP contribution in [0.1, 0.15) is 31.1 Å². The Morgan fingerprint density at radius 2 is 1.87 bits per heavy atom. The van der Waals surface area contributed by atoms with Crippen molar-refractivity contribution in [3.05, 3.63) is 33.4 Å². The summed E-state index contributed by atoms with van der Waals surface area (Å²) in [5, 5.41) is 2.99. The first kappa shape index (κ1) is 12.5. The molecule has 2 nitrogen and oxygen atoms in total. The summed E-state index contributed by atoms with van der Waals surface area (Å²) in [7, 11) is 0. The Labute approximate surface area is 105 Å². The van der Waals surface area contributed by atoms with E-state index in [0.717, 1.165) is 9.13 Å². The van der Waals surface area contributed by atoms with Crippen LogP contribution in [0.25, 0.3) is 0 Å². The minimum absolute atomic E-state index is 0.0150. The molecule has 0 aliphatic rings. The third-order valence-electron chi connectivity index (χ3n) is 2.48. The summed E-state index contributed by atoms with van der Waals surface area (Å²) in [6, 6.07) is 7.81. The lowest BCUT2D eigenvalue weighted by Crippen LogP contribution is -2.36. The number of halogens is 1. The van der Waals surface area contributed by atoms with Crippen molar-refractivity contribution in [2.75, 3.05) is 0 Å². The van der Waals surface area contributed by atoms with Gasteiger partial charge in [0, 0.05) is 9.61 Å². The molecular formula is C12H16INO. The molecule has 1 unspecified atom stereocenters. The zero-order valence-corrected chi connectivity index (χ0v) is 11.4. The first-order valence-electron chi connectivity index (χ1n) is 5.07. The molecule has 0 radical (unpaired) electrons. The third-order valence-corrected chi connectivity index (χ3v) is 3.42. The Morgan fingerprint density at radius 3 is 2.40 bits per heavy atom. The van der Waals surface area contributed by atoms with Crippen LogP contribution in [0.2, 0.25) is 0 Å². The van der Waals surface area contributed by atoms with E-state index >= 15 is 0 Å². The summed E-state index contributed by atoms with van der Waals surface area (Å²) in [5.74, 6) is 0.469. The van der Waals surface area contributed by atoms with Gasteiger partial charge >= 0.3 is 0 Å². The fraction of sp³-hybridized carbons (Fsp3) is 0.417. The predicted octanol–water partition coefficient (Wildman–Crippen LogP) is 3.07. The summed E-state index contributed by atoms with van der Waals surface area (Å²) in [6.07, 6.45) is 0. The number of amides is 1. The summed E-state index contributed by atoms with van der Waals surface area (Å²) < 4.78 is 0.989. The number of rotatable bonds is 3. The molecule has 3 heteroatoms. The second kappa shape index (κ2) is 5.49. The summed E-state index contributed by atoms with van der Waals surface area (Å²) in [5.41, 5.74) is 0.755. The molecular weight excluding hydrogens is 301 g/mol. The van der Waals surface area contributed by atoms with Crippen LogP contribution in [0.15, 0.2) is 24.3 Å². The molecule has 0 aliphatic heterocycles. The number of nitrogens with one attached hydrogen (secondary N) is 1. The van der Waals surface area contributed by atoms with Gasteiger partial charge in [0.15, 0.2) is 0 Å². The monoisotopic (exact) mass is 317 g/mol. The van der Waals surface area contributed by atoms with Gasteiger partial charge < -0.3 is 5.32 Å². The zero-order valence-electron chi connectivity index (χ0n) is 9.25. The van der Waals surface area contributed by atoms with Gasteiger partial charge in [-0.25, -0.2) is 0 Å². The Bertz CT molecular complexity index is 349. The maximum Gasteiger partial charge on any atom is 0.252 e. The van der Waals surface area contributed by atoms with Gasteiger partial charge in [0.05, 0.1) is 5.56 Å². The normalized spacial score (nSPS) is 12.6. The van der Waals surface area contributed by atoms with E-state index in [1.807, 2.05) is 31.2 Å². The second-order valence-electron chi connectivity index (χ2n) is 3.99. The topological polar surface area (TPSA) is 29.1 Å². The molecule has 1 aromatic carbocycles. The van der Waals surface area contributed by atoms with Crippen molar-refractivity contribution in [2.45, 2.75) is 26.8 Å². The Kier molecular flexibility index (Phi) is 4.57. The van der Waals surface area contributed by atoms with Crippen molar-refractivity contribution in [1.82, 2.24) is 5.32 Å². The van der Waals surface area contributed by atoms with Crippen molar-refractivity contribution in [2.24, 2.45) is 5.92 Å². The molecule has 82 valence electrons. The predicted molar refractivity (Wildman–Crippen MR) is 70.9 cm³/mol. The molecule has 1 rings (SSSR count). The maximum absolute atomic E-state index is 11.9. The third kappa shape index (κ3) is 3.48. The Morgan fingerprint density at radius 1 is 1.27 bits per heavy atom. The number of hydrogen-bond acceptors (Lipinski definition) is 1. The summed E-state index contributed by atoms with van der Waals surface area (Å²) >= 11 is 2.18. The summed E-state index contributed by atoms with van der Waals surface area (Å²) in [6.45, 7) is 6.22. The Balaban J connectivity index is 2.74. The molecule has 1 N–H and O–H groups in total. The molecule has 1 aromatic rings. The first-order valence-corrected chi connectivity index (χ1v) is 6.15. The first-order chi connectivity index (χ1) is 7.02. The van der Waals surface area contributed by atoms with Crippen LogP contribution in [0.4, 0.5) is 0 Å². The fourth-order valence-corrected chi connectivity index (χ4v) is 1.73. The van der Waals surface area contributed by atoms with E-state index in [-0.39, 0.29) is 11.9 Å². The van der Waals surface area contributed by atoms with E-state index in [1.54, 1.807) is 0 Å². The van der Waals surface area contributed by atoms with Crippen LogP contribution in [0.3, 0.4) is 0 Å². The van der Waals surface area contributed by atoms with E-state index in [0.29, 0.717) is 5.92 Å². The summed E-state index contributed by atoms with van der Waals surface area (Å²) in [4.78, 5) is 11.9. The van der Waals surface area contributed by atoms with Crippen molar-refractivity contribution in [3.63, 3.8) is 0 Å².